The lowest BCUT2D eigenvalue weighted by molar-refractivity contribution is -0.131. The van der Waals surface area contributed by atoms with Crippen molar-refractivity contribution >= 4 is 62.5 Å². The molecule has 30 heavy (non-hydrogen) atoms. The van der Waals surface area contributed by atoms with Crippen molar-refractivity contribution < 1.29 is 19.1 Å². The van der Waals surface area contributed by atoms with Gasteiger partial charge in [-0.25, -0.2) is 0 Å². The molecule has 8 heteroatoms. The molecular formula is C22H14BrCl2NO4. The molecule has 0 atom stereocenters. The molecule has 1 N–H and O–H groups in total. The Bertz CT molecular complexity index is 1150. The van der Waals surface area contributed by atoms with Crippen LogP contribution < -0.4 is 10.1 Å². The number of carbonyl (C=O) groups excluding carboxylic acids is 3. The molecule has 0 aromatic heterocycles. The molecule has 3 rings (SSSR count). The molecule has 0 bridgehead atoms. The second-order valence-corrected chi connectivity index (χ2v) is 7.90. The van der Waals surface area contributed by atoms with Crippen LogP contribution in [0.15, 0.2) is 65.1 Å². The van der Waals surface area contributed by atoms with Gasteiger partial charge in [-0.1, -0.05) is 53.5 Å². The van der Waals surface area contributed by atoms with Gasteiger partial charge in [0.2, 0.25) is 0 Å². The third kappa shape index (κ3) is 5.08. The number of amides is 1. The number of carbonyl (C=O) groups is 3. The highest BCUT2D eigenvalue weighted by Crippen LogP contribution is 2.34. The van der Waals surface area contributed by atoms with E-state index in [4.69, 9.17) is 27.9 Å². The van der Waals surface area contributed by atoms with Gasteiger partial charge in [0, 0.05) is 28.8 Å². The van der Waals surface area contributed by atoms with E-state index < -0.39 is 11.9 Å². The molecule has 152 valence electrons. The molecule has 0 spiro atoms. The van der Waals surface area contributed by atoms with Crippen LogP contribution in [0.5, 0.6) is 5.75 Å². The number of ketones is 1. The van der Waals surface area contributed by atoms with E-state index >= 15 is 0 Å². The molecule has 0 heterocycles. The second-order valence-electron chi connectivity index (χ2n) is 6.20. The zero-order valence-electron chi connectivity index (χ0n) is 15.5. The van der Waals surface area contributed by atoms with Gasteiger partial charge in [0.1, 0.15) is 0 Å². The first kappa shape index (κ1) is 22.0. The molecule has 0 aliphatic rings. The number of halogens is 3. The number of rotatable bonds is 5. The van der Waals surface area contributed by atoms with Gasteiger partial charge in [0.15, 0.2) is 11.5 Å². The first-order valence-corrected chi connectivity index (χ1v) is 10.2. The first-order chi connectivity index (χ1) is 14.3. The molecule has 5 nitrogen and oxygen atoms in total. The van der Waals surface area contributed by atoms with Crippen LogP contribution in [0.25, 0.3) is 0 Å². The van der Waals surface area contributed by atoms with Crippen LogP contribution >= 0.6 is 39.1 Å². The summed E-state index contributed by atoms with van der Waals surface area (Å²) in [5, 5.41) is 3.21. The molecule has 0 radical (unpaired) electrons. The van der Waals surface area contributed by atoms with Gasteiger partial charge >= 0.3 is 5.97 Å². The van der Waals surface area contributed by atoms with Crippen LogP contribution in [0.2, 0.25) is 10.0 Å². The number of anilines is 1. The van der Waals surface area contributed by atoms with Crippen molar-refractivity contribution in [3.63, 3.8) is 0 Å². The van der Waals surface area contributed by atoms with Crippen LogP contribution in [0, 0.1) is 0 Å². The topological polar surface area (TPSA) is 72.5 Å². The number of hydrogen-bond acceptors (Lipinski definition) is 4. The van der Waals surface area contributed by atoms with Gasteiger partial charge in [-0.15, -0.1) is 0 Å². The number of esters is 1. The van der Waals surface area contributed by atoms with E-state index in [1.54, 1.807) is 36.4 Å². The summed E-state index contributed by atoms with van der Waals surface area (Å²) >= 11 is 15.5. The van der Waals surface area contributed by atoms with Crippen LogP contribution in [0.3, 0.4) is 0 Å². The molecule has 3 aromatic rings. The molecule has 0 unspecified atom stereocenters. The maximum Gasteiger partial charge on any atom is 0.308 e. The minimum atomic E-state index is -0.589. The van der Waals surface area contributed by atoms with E-state index in [0.29, 0.717) is 15.7 Å². The third-order valence-electron chi connectivity index (χ3n) is 4.00. The fourth-order valence-corrected chi connectivity index (χ4v) is 3.79. The van der Waals surface area contributed by atoms with E-state index in [9.17, 15) is 14.4 Å². The summed E-state index contributed by atoms with van der Waals surface area (Å²) in [6.45, 7) is 1.23. The summed E-state index contributed by atoms with van der Waals surface area (Å²) < 4.78 is 5.50. The van der Waals surface area contributed by atoms with Crippen molar-refractivity contribution in [3.8, 4) is 5.75 Å². The Balaban J connectivity index is 1.93. The third-order valence-corrected chi connectivity index (χ3v) is 5.14. The van der Waals surface area contributed by atoms with Crippen LogP contribution in [-0.4, -0.2) is 17.7 Å². The first-order valence-electron chi connectivity index (χ1n) is 8.64. The van der Waals surface area contributed by atoms with Crippen molar-refractivity contribution in [1.82, 2.24) is 0 Å². The SMILES string of the molecule is CC(=O)Oc1c(Br)cc(Cl)cc1C(=O)Nc1ccc(Cl)c(C(=O)c2ccccc2)c1. The highest BCUT2D eigenvalue weighted by atomic mass is 79.9. The fourth-order valence-electron chi connectivity index (χ4n) is 2.70. The van der Waals surface area contributed by atoms with Crippen molar-refractivity contribution in [1.29, 1.82) is 0 Å². The van der Waals surface area contributed by atoms with Crippen molar-refractivity contribution in [2.45, 2.75) is 6.92 Å². The Kier molecular flexibility index (Phi) is 6.92. The molecular weight excluding hydrogens is 493 g/mol. The Labute approximate surface area is 191 Å². The predicted molar refractivity (Wildman–Crippen MR) is 120 cm³/mol. The maximum absolute atomic E-state index is 12.9. The summed E-state index contributed by atoms with van der Waals surface area (Å²) in [6, 6.07) is 16.1. The van der Waals surface area contributed by atoms with Gasteiger partial charge in [0.25, 0.3) is 5.91 Å². The van der Waals surface area contributed by atoms with Gasteiger partial charge in [0.05, 0.1) is 15.1 Å². The normalized spacial score (nSPS) is 10.4. The van der Waals surface area contributed by atoms with Crippen LogP contribution in [-0.2, 0) is 4.79 Å². The highest BCUT2D eigenvalue weighted by molar-refractivity contribution is 9.10. The van der Waals surface area contributed by atoms with Crippen LogP contribution in [0.1, 0.15) is 33.2 Å². The highest BCUT2D eigenvalue weighted by Gasteiger charge is 2.20. The zero-order valence-corrected chi connectivity index (χ0v) is 18.6. The Morgan fingerprint density at radius 3 is 2.30 bits per heavy atom. The van der Waals surface area contributed by atoms with Gasteiger partial charge in [-0.05, 0) is 46.3 Å². The summed E-state index contributed by atoms with van der Waals surface area (Å²) in [5.41, 5.74) is 1.11. The number of benzene rings is 3. The summed E-state index contributed by atoms with van der Waals surface area (Å²) in [4.78, 5) is 37.0. The van der Waals surface area contributed by atoms with Gasteiger partial charge in [-0.3, -0.25) is 14.4 Å². The number of nitrogens with one attached hydrogen (secondary N) is 1. The minimum Gasteiger partial charge on any atom is -0.425 e. The van der Waals surface area contributed by atoms with Crippen molar-refractivity contribution in [2.24, 2.45) is 0 Å². The average molecular weight is 507 g/mol. The minimum absolute atomic E-state index is 0.0407. The predicted octanol–water partition coefficient (Wildman–Crippen LogP) is 6.16. The average Bonchev–Trinajstić information content (AvgIpc) is 2.71. The summed E-state index contributed by atoms with van der Waals surface area (Å²) in [5.74, 6) is -1.40. The molecule has 0 saturated heterocycles. The fraction of sp³-hybridized carbons (Fsp3) is 0.0455. The molecule has 3 aromatic carbocycles. The molecule has 0 saturated carbocycles. The lowest BCUT2D eigenvalue weighted by Gasteiger charge is -2.13. The smallest absolute Gasteiger partial charge is 0.308 e. The van der Waals surface area contributed by atoms with E-state index in [0.717, 1.165) is 0 Å². The molecule has 1 amide bonds. The lowest BCUT2D eigenvalue weighted by atomic mass is 10.0. The standard InChI is InChI=1S/C22H14BrCl2NO4/c1-12(27)30-21-17(9-14(24)10-18(21)23)22(29)26-15-7-8-19(25)16(11-15)20(28)13-5-3-2-4-6-13/h2-11H,1H3,(H,26,29). The monoisotopic (exact) mass is 505 g/mol. The van der Waals surface area contributed by atoms with E-state index in [-0.39, 0.29) is 32.7 Å². The molecule has 0 aliphatic carbocycles. The van der Waals surface area contributed by atoms with Crippen molar-refractivity contribution in [3.05, 3.63) is 91.9 Å². The van der Waals surface area contributed by atoms with Crippen LogP contribution in [0.4, 0.5) is 5.69 Å². The maximum atomic E-state index is 12.9. The number of hydrogen-bond donors (Lipinski definition) is 1. The summed E-state index contributed by atoms with van der Waals surface area (Å²) in [6.07, 6.45) is 0. The Morgan fingerprint density at radius 2 is 1.63 bits per heavy atom. The van der Waals surface area contributed by atoms with E-state index in [1.165, 1.54) is 31.2 Å². The van der Waals surface area contributed by atoms with Gasteiger partial charge < -0.3 is 10.1 Å². The molecule has 0 fully saturated rings. The van der Waals surface area contributed by atoms with Gasteiger partial charge in [-0.2, -0.15) is 0 Å². The van der Waals surface area contributed by atoms with E-state index in [2.05, 4.69) is 21.2 Å². The second kappa shape index (κ2) is 9.43. The Hall–Kier alpha value is -2.67. The zero-order chi connectivity index (χ0) is 21.8. The van der Waals surface area contributed by atoms with Crippen molar-refractivity contribution in [2.75, 3.05) is 5.32 Å². The lowest BCUT2D eigenvalue weighted by Crippen LogP contribution is -2.16. The van der Waals surface area contributed by atoms with E-state index in [1.807, 2.05) is 0 Å². The largest absolute Gasteiger partial charge is 0.425 e. The Morgan fingerprint density at radius 1 is 0.933 bits per heavy atom. The summed E-state index contributed by atoms with van der Waals surface area (Å²) in [7, 11) is 0. The molecule has 0 aliphatic heterocycles. The quantitative estimate of drug-likeness (QED) is 0.255. The number of ether oxygens (including phenoxy) is 1.